The summed E-state index contributed by atoms with van der Waals surface area (Å²) in [6.45, 7) is 4.30. The van der Waals surface area contributed by atoms with Crippen molar-refractivity contribution in [3.8, 4) is 0 Å². The van der Waals surface area contributed by atoms with Gasteiger partial charge >= 0.3 is 83.0 Å². The smallest absolute Gasteiger partial charge is 0.550 e. The van der Waals surface area contributed by atoms with Crippen molar-refractivity contribution in [1.82, 2.24) is 0 Å². The summed E-state index contributed by atoms with van der Waals surface area (Å²) in [6, 6.07) is -2.70. The Morgan fingerprint density at radius 2 is 0.786 bits per heavy atom. The van der Waals surface area contributed by atoms with Crippen molar-refractivity contribution in [3.05, 3.63) is 0 Å². The number of hydrogen-bond acceptors (Lipinski definition) is 12. The minimum absolute atomic E-state index is 0. The second-order valence-electron chi connectivity index (χ2n) is 9.69. The molecule has 0 aliphatic heterocycles. The molecule has 0 aliphatic rings. The number of carbonyl (C=O) groups excluding carboxylic acids is 6. The first kappa shape index (κ1) is 48.1. The van der Waals surface area contributed by atoms with E-state index in [1.54, 1.807) is 0 Å². The van der Waals surface area contributed by atoms with Gasteiger partial charge in [-0.2, -0.15) is 0 Å². The number of carboxylic acid groups (broad SMARTS) is 2. The molecule has 0 fully saturated rings. The molecule has 0 amide bonds. The molecular formula is C28H48N2Na2O10. The van der Waals surface area contributed by atoms with Crippen molar-refractivity contribution in [1.29, 1.82) is 0 Å². The molecule has 12 nitrogen and oxygen atoms in total. The first-order chi connectivity index (χ1) is 18.9. The van der Waals surface area contributed by atoms with Gasteiger partial charge < -0.3 is 40.7 Å². The predicted octanol–water partition coefficient (Wildman–Crippen LogP) is -4.66. The monoisotopic (exact) mass is 618 g/mol. The normalized spacial score (nSPS) is 11.3. The molecule has 2 atom stereocenters. The maximum absolute atomic E-state index is 11.3. The van der Waals surface area contributed by atoms with Crippen LogP contribution in [0.1, 0.15) is 129 Å². The summed E-state index contributed by atoms with van der Waals surface area (Å²) in [5, 5.41) is 20.5. The zero-order valence-corrected chi connectivity index (χ0v) is 30.1. The van der Waals surface area contributed by atoms with Crippen LogP contribution in [-0.4, -0.2) is 47.9 Å². The van der Waals surface area contributed by atoms with Crippen LogP contribution in [0.2, 0.25) is 0 Å². The predicted molar refractivity (Wildman–Crippen MR) is 143 cm³/mol. The van der Waals surface area contributed by atoms with Gasteiger partial charge in [0, 0.05) is 37.6 Å². The molecule has 0 saturated carbocycles. The van der Waals surface area contributed by atoms with Gasteiger partial charge in [-0.05, 0) is 12.8 Å². The van der Waals surface area contributed by atoms with Crippen molar-refractivity contribution in [2.24, 2.45) is 11.5 Å². The number of rotatable bonds is 22. The van der Waals surface area contributed by atoms with Crippen LogP contribution in [0.4, 0.5) is 0 Å². The Hall–Kier alpha value is -0.860. The molecule has 0 aliphatic carbocycles. The Morgan fingerprint density at radius 1 is 0.524 bits per heavy atom. The van der Waals surface area contributed by atoms with E-state index in [4.69, 9.17) is 11.5 Å². The average Bonchev–Trinajstić information content (AvgIpc) is 2.87. The molecular weight excluding hydrogens is 570 g/mol. The van der Waals surface area contributed by atoms with Crippen molar-refractivity contribution < 1.29 is 108 Å². The van der Waals surface area contributed by atoms with Crippen molar-refractivity contribution in [2.45, 2.75) is 142 Å². The molecule has 42 heavy (non-hydrogen) atoms. The Balaban J connectivity index is -0.000000328. The SMILES string of the molecule is CCCCCCCCCC(=O)OC(=O)[C@@H](N)CC(=O)[O-].CCCCCCCCCC(=O)OC(=O)[C@@H](N)CC(=O)[O-].[Na+].[Na+]. The van der Waals surface area contributed by atoms with E-state index in [9.17, 15) is 39.0 Å². The van der Waals surface area contributed by atoms with Crippen LogP contribution in [0.25, 0.3) is 0 Å². The molecule has 0 bridgehead atoms. The van der Waals surface area contributed by atoms with Gasteiger partial charge in [-0.1, -0.05) is 90.9 Å². The van der Waals surface area contributed by atoms with Crippen LogP contribution in [0, 0.1) is 0 Å². The maximum Gasteiger partial charge on any atom is 1.00 e. The van der Waals surface area contributed by atoms with Gasteiger partial charge in [-0.25, -0.2) is 9.59 Å². The van der Waals surface area contributed by atoms with Crippen LogP contribution in [0.5, 0.6) is 0 Å². The molecule has 0 aromatic heterocycles. The van der Waals surface area contributed by atoms with E-state index in [1.807, 2.05) is 0 Å². The van der Waals surface area contributed by atoms with Gasteiger partial charge in [0.25, 0.3) is 0 Å². The summed E-state index contributed by atoms with van der Waals surface area (Å²) >= 11 is 0. The van der Waals surface area contributed by atoms with E-state index >= 15 is 0 Å². The molecule has 0 aromatic carbocycles. The van der Waals surface area contributed by atoms with Gasteiger partial charge in [-0.3, -0.25) is 9.59 Å². The third-order valence-corrected chi connectivity index (χ3v) is 5.78. The quantitative estimate of drug-likeness (QED) is 0.0506. The number of unbranched alkanes of at least 4 members (excludes halogenated alkanes) is 12. The molecule has 4 N–H and O–H groups in total. The molecule has 0 radical (unpaired) electrons. The van der Waals surface area contributed by atoms with Gasteiger partial charge in [0.05, 0.1) is 0 Å². The molecule has 0 aromatic rings. The number of ether oxygens (including phenoxy) is 2. The Bertz CT molecular complexity index is 707. The second-order valence-corrected chi connectivity index (χ2v) is 9.69. The number of esters is 4. The largest absolute Gasteiger partial charge is 1.00 e. The van der Waals surface area contributed by atoms with Gasteiger partial charge in [0.15, 0.2) is 0 Å². The Kier molecular flexibility index (Phi) is 37.8. The van der Waals surface area contributed by atoms with Crippen molar-refractivity contribution in [2.75, 3.05) is 0 Å². The summed E-state index contributed by atoms with van der Waals surface area (Å²) < 4.78 is 8.93. The topological polar surface area (TPSA) is 219 Å². The molecule has 0 unspecified atom stereocenters. The van der Waals surface area contributed by atoms with Crippen LogP contribution < -0.4 is 80.8 Å². The number of aliphatic carboxylic acids is 2. The van der Waals surface area contributed by atoms with E-state index in [0.717, 1.165) is 38.5 Å². The minimum Gasteiger partial charge on any atom is -0.550 e. The Labute approximate surface area is 294 Å². The molecule has 0 saturated heterocycles. The van der Waals surface area contributed by atoms with Crippen LogP contribution in [0.15, 0.2) is 0 Å². The number of hydrogen-bond donors (Lipinski definition) is 2. The summed E-state index contributed by atoms with van der Waals surface area (Å²) in [6.07, 6.45) is 13.8. The summed E-state index contributed by atoms with van der Waals surface area (Å²) in [5.41, 5.74) is 10.5. The summed E-state index contributed by atoms with van der Waals surface area (Å²) in [4.78, 5) is 65.6. The number of nitrogens with two attached hydrogens (primary N) is 2. The molecule has 0 spiro atoms. The number of carboxylic acids is 2. The maximum atomic E-state index is 11.3. The van der Waals surface area contributed by atoms with E-state index in [-0.39, 0.29) is 72.0 Å². The summed E-state index contributed by atoms with van der Waals surface area (Å²) in [5.74, 6) is -6.23. The third kappa shape index (κ3) is 33.6. The third-order valence-electron chi connectivity index (χ3n) is 5.78. The van der Waals surface area contributed by atoms with E-state index in [2.05, 4.69) is 23.3 Å². The van der Waals surface area contributed by atoms with Crippen molar-refractivity contribution in [3.63, 3.8) is 0 Å². The molecule has 14 heteroatoms. The van der Waals surface area contributed by atoms with Crippen LogP contribution in [0.3, 0.4) is 0 Å². The first-order valence-corrected chi connectivity index (χ1v) is 14.3. The van der Waals surface area contributed by atoms with Gasteiger partial charge in [0.2, 0.25) is 0 Å². The first-order valence-electron chi connectivity index (χ1n) is 14.3. The standard InChI is InChI=1S/2C14H25NO5.2Na/c2*1-2-3-4-5-6-7-8-9-13(18)20-14(19)11(15)10-12(16)17;;/h2*11H,2-10,15H2,1H3,(H,16,17);;/q;;2*+1/p-2/t2*11-;;/m00../s1. The average molecular weight is 619 g/mol. The van der Waals surface area contributed by atoms with Gasteiger partial charge in [0.1, 0.15) is 12.1 Å². The molecule has 0 rings (SSSR count). The number of carbonyl (C=O) groups is 6. The zero-order valence-electron chi connectivity index (χ0n) is 26.1. The second kappa shape index (κ2) is 33.0. The minimum atomic E-state index is -1.45. The molecule has 0 heterocycles. The molecule has 232 valence electrons. The van der Waals surface area contributed by atoms with E-state index < -0.39 is 60.7 Å². The summed E-state index contributed by atoms with van der Waals surface area (Å²) in [7, 11) is 0. The fourth-order valence-corrected chi connectivity index (χ4v) is 3.46. The van der Waals surface area contributed by atoms with Gasteiger partial charge in [-0.15, -0.1) is 0 Å². The van der Waals surface area contributed by atoms with E-state index in [0.29, 0.717) is 12.8 Å². The Morgan fingerprint density at radius 3 is 1.05 bits per heavy atom. The fourth-order valence-electron chi connectivity index (χ4n) is 3.46. The zero-order chi connectivity index (χ0) is 30.8. The van der Waals surface area contributed by atoms with E-state index in [1.165, 1.54) is 38.5 Å². The fraction of sp³-hybridized carbons (Fsp3) is 0.786. The van der Waals surface area contributed by atoms with Crippen LogP contribution >= 0.6 is 0 Å². The van der Waals surface area contributed by atoms with Crippen LogP contribution in [-0.2, 0) is 38.2 Å². The van der Waals surface area contributed by atoms with Crippen molar-refractivity contribution >= 4 is 35.8 Å².